The van der Waals surface area contributed by atoms with E-state index in [4.69, 9.17) is 5.26 Å². The molecule has 2 aromatic heterocycles. The second-order valence-corrected chi connectivity index (χ2v) is 6.67. The Bertz CT molecular complexity index is 1130. The van der Waals surface area contributed by atoms with Crippen molar-refractivity contribution in [3.8, 4) is 11.9 Å². The van der Waals surface area contributed by atoms with Gasteiger partial charge in [-0.2, -0.15) is 23.5 Å². The van der Waals surface area contributed by atoms with Gasteiger partial charge in [-0.3, -0.25) is 4.79 Å². The van der Waals surface area contributed by atoms with E-state index < -0.39 is 23.5 Å². The number of carbonyl (C=O) groups is 1. The van der Waals surface area contributed by atoms with Gasteiger partial charge in [-0.1, -0.05) is 13.8 Å². The molecule has 10 heteroatoms. The molecule has 0 spiro atoms. The average Bonchev–Trinajstić information content (AvgIpc) is 3.14. The normalized spacial score (nSPS) is 11.4. The fourth-order valence-corrected chi connectivity index (χ4v) is 2.84. The number of pyridine rings is 1. The zero-order chi connectivity index (χ0) is 22.1. The van der Waals surface area contributed by atoms with E-state index >= 15 is 0 Å². The number of hydrogen-bond donors (Lipinski definition) is 1. The Morgan fingerprint density at radius 3 is 2.50 bits per heavy atom. The van der Waals surface area contributed by atoms with Gasteiger partial charge in [0.25, 0.3) is 5.91 Å². The third kappa shape index (κ3) is 4.15. The highest BCUT2D eigenvalue weighted by molar-refractivity contribution is 6.05. The SMILES string of the molecule is CC(C)c1c(C(=O)Nc2ccc(F)c(C#N)c2)cnn1-c1ccc(C(F)(F)F)cn1. The number of nitrogens with zero attached hydrogens (tertiary/aromatic N) is 4. The third-order valence-electron chi connectivity index (χ3n) is 4.23. The minimum atomic E-state index is -4.51. The smallest absolute Gasteiger partial charge is 0.322 e. The number of rotatable bonds is 4. The molecule has 0 bridgehead atoms. The van der Waals surface area contributed by atoms with E-state index in [9.17, 15) is 22.4 Å². The van der Waals surface area contributed by atoms with Gasteiger partial charge in [-0.15, -0.1) is 0 Å². The minimum absolute atomic E-state index is 0.124. The molecule has 0 aliphatic rings. The summed E-state index contributed by atoms with van der Waals surface area (Å²) in [6.45, 7) is 3.58. The van der Waals surface area contributed by atoms with E-state index in [0.29, 0.717) is 11.9 Å². The van der Waals surface area contributed by atoms with Gasteiger partial charge in [0, 0.05) is 11.9 Å². The quantitative estimate of drug-likeness (QED) is 0.625. The molecule has 0 fully saturated rings. The number of halogens is 4. The molecular weight excluding hydrogens is 402 g/mol. The van der Waals surface area contributed by atoms with Gasteiger partial charge in [0.05, 0.1) is 28.6 Å². The van der Waals surface area contributed by atoms with Gasteiger partial charge >= 0.3 is 6.18 Å². The summed E-state index contributed by atoms with van der Waals surface area (Å²) in [5.41, 5.74) is -0.293. The minimum Gasteiger partial charge on any atom is -0.322 e. The number of anilines is 1. The number of nitriles is 1. The Morgan fingerprint density at radius 1 is 1.20 bits per heavy atom. The number of benzene rings is 1. The van der Waals surface area contributed by atoms with Crippen molar-refractivity contribution in [2.75, 3.05) is 5.32 Å². The van der Waals surface area contributed by atoms with Crippen LogP contribution in [-0.4, -0.2) is 20.7 Å². The van der Waals surface area contributed by atoms with Crippen molar-refractivity contribution in [1.82, 2.24) is 14.8 Å². The lowest BCUT2D eigenvalue weighted by molar-refractivity contribution is -0.137. The van der Waals surface area contributed by atoms with Crippen LogP contribution in [0.15, 0.2) is 42.7 Å². The van der Waals surface area contributed by atoms with Crippen LogP contribution in [0.25, 0.3) is 5.82 Å². The molecule has 2 heterocycles. The van der Waals surface area contributed by atoms with E-state index in [1.54, 1.807) is 19.9 Å². The lowest BCUT2D eigenvalue weighted by atomic mass is 10.0. The summed E-state index contributed by atoms with van der Waals surface area (Å²) in [6, 6.07) is 7.31. The van der Waals surface area contributed by atoms with Crippen molar-refractivity contribution in [3.05, 3.63) is 70.9 Å². The van der Waals surface area contributed by atoms with Crippen molar-refractivity contribution in [3.63, 3.8) is 0 Å². The highest BCUT2D eigenvalue weighted by atomic mass is 19.4. The maximum Gasteiger partial charge on any atom is 0.417 e. The Kier molecular flexibility index (Phi) is 5.56. The van der Waals surface area contributed by atoms with Crippen molar-refractivity contribution >= 4 is 11.6 Å². The van der Waals surface area contributed by atoms with Crippen LogP contribution >= 0.6 is 0 Å². The fourth-order valence-electron chi connectivity index (χ4n) is 2.84. The number of hydrogen-bond acceptors (Lipinski definition) is 4. The summed E-state index contributed by atoms with van der Waals surface area (Å²) in [7, 11) is 0. The highest BCUT2D eigenvalue weighted by Gasteiger charge is 2.31. The molecule has 3 rings (SSSR count). The lowest BCUT2D eigenvalue weighted by Crippen LogP contribution is -2.16. The first kappa shape index (κ1) is 21.0. The summed E-state index contributed by atoms with van der Waals surface area (Å²) >= 11 is 0. The molecule has 0 saturated heterocycles. The lowest BCUT2D eigenvalue weighted by Gasteiger charge is -2.13. The van der Waals surface area contributed by atoms with Crippen molar-refractivity contribution in [1.29, 1.82) is 5.26 Å². The zero-order valence-corrected chi connectivity index (χ0v) is 15.8. The molecule has 0 atom stereocenters. The van der Waals surface area contributed by atoms with Crippen LogP contribution < -0.4 is 5.32 Å². The molecule has 0 aliphatic carbocycles. The summed E-state index contributed by atoms with van der Waals surface area (Å²) in [5.74, 6) is -1.37. The number of nitrogens with one attached hydrogen (secondary N) is 1. The monoisotopic (exact) mass is 417 g/mol. The number of aromatic nitrogens is 3. The standard InChI is InChI=1S/C20H15F4N5O/c1-11(2)18-15(19(30)28-14-4-5-16(21)12(7-14)8-25)10-27-29(18)17-6-3-13(9-26-17)20(22,23)24/h3-7,9-11H,1-2H3,(H,28,30). The summed E-state index contributed by atoms with van der Waals surface area (Å²) in [6.07, 6.45) is -2.54. The number of amides is 1. The molecule has 154 valence electrons. The predicted octanol–water partition coefficient (Wildman–Crippen LogP) is 4.67. The summed E-state index contributed by atoms with van der Waals surface area (Å²) < 4.78 is 53.1. The van der Waals surface area contributed by atoms with Crippen LogP contribution in [0.4, 0.5) is 23.2 Å². The van der Waals surface area contributed by atoms with E-state index in [0.717, 1.165) is 12.1 Å². The third-order valence-corrected chi connectivity index (χ3v) is 4.23. The van der Waals surface area contributed by atoms with E-state index in [1.165, 1.54) is 29.1 Å². The molecule has 0 unspecified atom stereocenters. The van der Waals surface area contributed by atoms with E-state index in [2.05, 4.69) is 15.4 Å². The van der Waals surface area contributed by atoms with Crippen LogP contribution in [0.2, 0.25) is 0 Å². The Labute approximate surface area is 168 Å². The molecule has 1 N–H and O–H groups in total. The van der Waals surface area contributed by atoms with E-state index in [-0.39, 0.29) is 28.6 Å². The number of alkyl halides is 3. The van der Waals surface area contributed by atoms with Gasteiger partial charge in [0.15, 0.2) is 5.82 Å². The topological polar surface area (TPSA) is 83.6 Å². The van der Waals surface area contributed by atoms with Crippen molar-refractivity contribution in [2.45, 2.75) is 25.9 Å². The molecule has 0 radical (unpaired) electrons. The molecule has 1 amide bonds. The summed E-state index contributed by atoms with van der Waals surface area (Å²) in [5, 5.41) is 15.6. The molecule has 6 nitrogen and oxygen atoms in total. The van der Waals surface area contributed by atoms with Crippen LogP contribution in [0.1, 0.15) is 46.9 Å². The first-order valence-corrected chi connectivity index (χ1v) is 8.74. The molecule has 3 aromatic rings. The Morgan fingerprint density at radius 2 is 1.93 bits per heavy atom. The Balaban J connectivity index is 1.94. The Hall–Kier alpha value is -3.74. The van der Waals surface area contributed by atoms with Crippen LogP contribution in [0.3, 0.4) is 0 Å². The van der Waals surface area contributed by atoms with Crippen molar-refractivity contribution < 1.29 is 22.4 Å². The molecule has 0 aliphatic heterocycles. The first-order chi connectivity index (χ1) is 14.1. The molecular formula is C20H15F4N5O. The second kappa shape index (κ2) is 7.94. The van der Waals surface area contributed by atoms with Crippen molar-refractivity contribution in [2.24, 2.45) is 0 Å². The predicted molar refractivity (Wildman–Crippen MR) is 99.5 cm³/mol. The highest BCUT2D eigenvalue weighted by Crippen LogP contribution is 2.29. The maximum absolute atomic E-state index is 13.5. The molecule has 1 aromatic carbocycles. The van der Waals surface area contributed by atoms with Gasteiger partial charge in [0.2, 0.25) is 0 Å². The molecule has 30 heavy (non-hydrogen) atoms. The summed E-state index contributed by atoms with van der Waals surface area (Å²) in [4.78, 5) is 16.6. The second-order valence-electron chi connectivity index (χ2n) is 6.67. The van der Waals surface area contributed by atoms with Crippen LogP contribution in [-0.2, 0) is 6.18 Å². The zero-order valence-electron chi connectivity index (χ0n) is 15.8. The maximum atomic E-state index is 13.5. The van der Waals surface area contributed by atoms with Gasteiger partial charge in [-0.25, -0.2) is 14.1 Å². The largest absolute Gasteiger partial charge is 0.417 e. The first-order valence-electron chi connectivity index (χ1n) is 8.74. The number of carbonyl (C=O) groups excluding carboxylic acids is 1. The van der Waals surface area contributed by atoms with Gasteiger partial charge in [0.1, 0.15) is 11.9 Å². The van der Waals surface area contributed by atoms with Gasteiger partial charge < -0.3 is 5.32 Å². The molecule has 0 saturated carbocycles. The fraction of sp³-hybridized carbons (Fsp3) is 0.200. The van der Waals surface area contributed by atoms with Crippen LogP contribution in [0.5, 0.6) is 0 Å². The van der Waals surface area contributed by atoms with E-state index in [1.807, 2.05) is 0 Å². The average molecular weight is 417 g/mol. The van der Waals surface area contributed by atoms with Gasteiger partial charge in [-0.05, 0) is 36.2 Å². The van der Waals surface area contributed by atoms with Crippen LogP contribution in [0, 0.1) is 17.1 Å².